The summed E-state index contributed by atoms with van der Waals surface area (Å²) in [7, 11) is 0. The second-order valence-corrected chi connectivity index (χ2v) is 10.1. The minimum absolute atomic E-state index is 0.0466. The third kappa shape index (κ3) is 4.98. The molecule has 4 rings (SSSR count). The molecule has 0 saturated carbocycles. The Labute approximate surface area is 205 Å². The lowest BCUT2D eigenvalue weighted by Crippen LogP contribution is -2.58. The van der Waals surface area contributed by atoms with E-state index in [0.717, 1.165) is 5.69 Å². The maximum absolute atomic E-state index is 13.7. The molecule has 2 heterocycles. The fourth-order valence-corrected chi connectivity index (χ4v) is 4.58. The van der Waals surface area contributed by atoms with Gasteiger partial charge in [0, 0.05) is 31.0 Å². The normalized spacial score (nSPS) is 18.4. The molecule has 2 aromatic carbocycles. The summed E-state index contributed by atoms with van der Waals surface area (Å²) >= 11 is 5.99. The van der Waals surface area contributed by atoms with Gasteiger partial charge in [0.1, 0.15) is 11.4 Å². The topological polar surface area (TPSA) is 86.0 Å². The molecule has 182 valence electrons. The number of anilines is 2. The number of guanidine groups is 1. The number of aliphatic imine (C=N–C) groups is 1. The highest BCUT2D eigenvalue weighted by molar-refractivity contribution is 6.31. The molecule has 2 fully saturated rings. The molecule has 9 heteroatoms. The third-order valence-corrected chi connectivity index (χ3v) is 6.97. The predicted molar refractivity (Wildman–Crippen MR) is 136 cm³/mol. The summed E-state index contributed by atoms with van der Waals surface area (Å²) in [6.45, 7) is 6.94. The van der Waals surface area contributed by atoms with Crippen LogP contribution in [-0.4, -0.2) is 55.2 Å². The Hall–Kier alpha value is -2.84. The minimum Gasteiger partial charge on any atom is -0.343 e. The average Bonchev–Trinajstić information content (AvgIpc) is 3.15. The minimum atomic E-state index is -0.585. The average molecular weight is 487 g/mol. The van der Waals surface area contributed by atoms with Crippen molar-refractivity contribution in [1.29, 1.82) is 0 Å². The summed E-state index contributed by atoms with van der Waals surface area (Å²) in [6, 6.07) is 14.5. The lowest BCUT2D eigenvalue weighted by atomic mass is 9.85. The molecular weight excluding hydrogens is 455 g/mol. The zero-order chi connectivity index (χ0) is 24.3. The van der Waals surface area contributed by atoms with Crippen molar-refractivity contribution in [2.24, 2.45) is 16.1 Å². The van der Waals surface area contributed by atoms with Crippen LogP contribution in [0.2, 0.25) is 5.02 Å². The quantitative estimate of drug-likeness (QED) is 0.443. The SMILES string of the molecule is CC(C)(CN)CN=C(Nc1ccc(F)c(Cl)c1)N1CCC2(CC1)C(=O)NCN2c1ccccc1. The zero-order valence-electron chi connectivity index (χ0n) is 19.7. The lowest BCUT2D eigenvalue weighted by molar-refractivity contribution is -0.124. The summed E-state index contributed by atoms with van der Waals surface area (Å²) in [5, 5.41) is 6.40. The number of carbonyl (C=O) groups is 1. The number of benzene rings is 2. The van der Waals surface area contributed by atoms with Crippen LogP contribution in [0.15, 0.2) is 53.5 Å². The number of hydrogen-bond acceptors (Lipinski definition) is 4. The van der Waals surface area contributed by atoms with Gasteiger partial charge in [0.15, 0.2) is 5.96 Å². The summed E-state index contributed by atoms with van der Waals surface area (Å²) in [6.07, 6.45) is 1.30. The fraction of sp³-hybridized carbons (Fsp3) is 0.440. The molecule has 34 heavy (non-hydrogen) atoms. The molecule has 0 aliphatic carbocycles. The van der Waals surface area contributed by atoms with Gasteiger partial charge in [0.05, 0.1) is 11.7 Å². The second kappa shape index (κ2) is 9.80. The molecule has 0 aromatic heterocycles. The Bertz CT molecular complexity index is 1050. The van der Waals surface area contributed by atoms with E-state index in [0.29, 0.717) is 57.3 Å². The molecule has 2 aliphatic rings. The van der Waals surface area contributed by atoms with Gasteiger partial charge in [0.2, 0.25) is 5.91 Å². The van der Waals surface area contributed by atoms with E-state index in [4.69, 9.17) is 22.3 Å². The number of nitrogens with two attached hydrogens (primary N) is 1. The Morgan fingerprint density at radius 3 is 2.59 bits per heavy atom. The number of amides is 1. The van der Waals surface area contributed by atoms with Gasteiger partial charge in [-0.05, 0) is 55.1 Å². The van der Waals surface area contributed by atoms with Gasteiger partial charge in [-0.2, -0.15) is 0 Å². The molecule has 2 aromatic rings. The number of rotatable bonds is 5. The summed E-state index contributed by atoms with van der Waals surface area (Å²) in [5.74, 6) is 0.267. The molecule has 2 aliphatic heterocycles. The van der Waals surface area contributed by atoms with Crippen molar-refractivity contribution in [3.05, 3.63) is 59.4 Å². The third-order valence-electron chi connectivity index (χ3n) is 6.68. The van der Waals surface area contributed by atoms with Crippen LogP contribution < -0.4 is 21.3 Å². The number of para-hydroxylation sites is 1. The molecule has 1 amide bonds. The Morgan fingerprint density at radius 2 is 1.94 bits per heavy atom. The highest BCUT2D eigenvalue weighted by Crippen LogP contribution is 2.36. The first-order valence-electron chi connectivity index (χ1n) is 11.6. The van der Waals surface area contributed by atoms with Crippen molar-refractivity contribution >= 4 is 34.8 Å². The van der Waals surface area contributed by atoms with Crippen LogP contribution in [0.1, 0.15) is 26.7 Å². The summed E-state index contributed by atoms with van der Waals surface area (Å²) in [5.41, 5.74) is 6.85. The van der Waals surface area contributed by atoms with Crippen LogP contribution in [0.5, 0.6) is 0 Å². The van der Waals surface area contributed by atoms with Gasteiger partial charge in [-0.3, -0.25) is 9.79 Å². The van der Waals surface area contributed by atoms with Crippen LogP contribution in [0, 0.1) is 11.2 Å². The van der Waals surface area contributed by atoms with Crippen LogP contribution in [0.3, 0.4) is 0 Å². The highest BCUT2D eigenvalue weighted by atomic mass is 35.5. The van der Waals surface area contributed by atoms with Crippen LogP contribution in [0.4, 0.5) is 15.8 Å². The van der Waals surface area contributed by atoms with E-state index in [1.165, 1.54) is 6.07 Å². The van der Waals surface area contributed by atoms with E-state index in [9.17, 15) is 9.18 Å². The van der Waals surface area contributed by atoms with Gasteiger partial charge >= 0.3 is 0 Å². The smallest absolute Gasteiger partial charge is 0.247 e. The standard InChI is InChI=1S/C25H32ClFN6O/c1-24(2,15-28)16-29-23(31-18-8-9-21(27)20(26)14-18)32-12-10-25(11-13-32)22(34)30-17-33(25)19-6-4-3-5-7-19/h3-9,14H,10-13,15-17,28H2,1-2H3,(H,29,31)(H,30,34). The summed E-state index contributed by atoms with van der Waals surface area (Å²) in [4.78, 5) is 22.2. The van der Waals surface area contributed by atoms with E-state index in [-0.39, 0.29) is 16.3 Å². The maximum atomic E-state index is 13.7. The predicted octanol–water partition coefficient (Wildman–Crippen LogP) is 3.66. The molecule has 0 atom stereocenters. The van der Waals surface area contributed by atoms with Crippen molar-refractivity contribution in [3.8, 4) is 0 Å². The monoisotopic (exact) mass is 486 g/mol. The number of halogens is 2. The molecule has 1 spiro atoms. The van der Waals surface area contributed by atoms with Crippen molar-refractivity contribution in [2.75, 3.05) is 43.1 Å². The number of nitrogens with one attached hydrogen (secondary N) is 2. The number of piperidine rings is 1. The van der Waals surface area contributed by atoms with Gasteiger partial charge in [-0.25, -0.2) is 4.39 Å². The van der Waals surface area contributed by atoms with Crippen molar-refractivity contribution in [1.82, 2.24) is 10.2 Å². The number of likely N-dealkylation sites (tertiary alicyclic amines) is 1. The lowest BCUT2D eigenvalue weighted by Gasteiger charge is -2.44. The van der Waals surface area contributed by atoms with Crippen molar-refractivity contribution < 1.29 is 9.18 Å². The number of nitrogens with zero attached hydrogens (tertiary/aromatic N) is 3. The van der Waals surface area contributed by atoms with Crippen LogP contribution >= 0.6 is 11.6 Å². The largest absolute Gasteiger partial charge is 0.343 e. The van der Waals surface area contributed by atoms with E-state index in [2.05, 4.69) is 34.3 Å². The first-order chi connectivity index (χ1) is 16.2. The van der Waals surface area contributed by atoms with E-state index >= 15 is 0 Å². The first-order valence-corrected chi connectivity index (χ1v) is 11.9. The van der Waals surface area contributed by atoms with Gasteiger partial charge in [-0.15, -0.1) is 0 Å². The number of carbonyl (C=O) groups excluding carboxylic acids is 1. The first kappa shape index (κ1) is 24.3. The Balaban J connectivity index is 1.55. The molecule has 4 N–H and O–H groups in total. The van der Waals surface area contributed by atoms with Gasteiger partial charge in [-0.1, -0.05) is 43.6 Å². The Kier molecular flexibility index (Phi) is 7.00. The molecule has 2 saturated heterocycles. The molecule has 7 nitrogen and oxygen atoms in total. The zero-order valence-corrected chi connectivity index (χ0v) is 20.4. The van der Waals surface area contributed by atoms with Crippen LogP contribution in [-0.2, 0) is 4.79 Å². The molecule has 0 bridgehead atoms. The van der Waals surface area contributed by atoms with Crippen LogP contribution in [0.25, 0.3) is 0 Å². The van der Waals surface area contributed by atoms with E-state index in [1.54, 1.807) is 12.1 Å². The van der Waals surface area contributed by atoms with Crippen molar-refractivity contribution in [2.45, 2.75) is 32.2 Å². The second-order valence-electron chi connectivity index (χ2n) is 9.71. The summed E-state index contributed by atoms with van der Waals surface area (Å²) < 4.78 is 13.7. The Morgan fingerprint density at radius 1 is 1.24 bits per heavy atom. The molecule has 0 radical (unpaired) electrons. The maximum Gasteiger partial charge on any atom is 0.247 e. The highest BCUT2D eigenvalue weighted by Gasteiger charge is 2.50. The van der Waals surface area contributed by atoms with Gasteiger partial charge in [0.25, 0.3) is 0 Å². The molecule has 0 unspecified atom stereocenters. The molecular formula is C25H32ClFN6O. The fourth-order valence-electron chi connectivity index (χ4n) is 4.40. The van der Waals surface area contributed by atoms with Crippen molar-refractivity contribution in [3.63, 3.8) is 0 Å². The van der Waals surface area contributed by atoms with E-state index in [1.807, 2.05) is 30.3 Å². The number of hydrogen-bond donors (Lipinski definition) is 3. The van der Waals surface area contributed by atoms with E-state index < -0.39 is 11.4 Å². The van der Waals surface area contributed by atoms with Gasteiger partial charge < -0.3 is 26.2 Å².